The highest BCUT2D eigenvalue weighted by Gasteiger charge is 2.72. The summed E-state index contributed by atoms with van der Waals surface area (Å²) in [7, 11) is 0. The van der Waals surface area contributed by atoms with Crippen LogP contribution < -0.4 is 0 Å². The number of rotatable bonds is 19. The van der Waals surface area contributed by atoms with Gasteiger partial charge in [0.1, 0.15) is 123 Å². The van der Waals surface area contributed by atoms with Crippen molar-refractivity contribution < 1.29 is 139 Å². The maximum absolute atomic E-state index is 13.0. The number of allylic oxidation sites excluding steroid dienone is 2. The Hall–Kier alpha value is -1.83. The lowest BCUT2D eigenvalue weighted by atomic mass is 9.35. The third kappa shape index (κ3) is 13.4. The Morgan fingerprint density at radius 1 is 0.539 bits per heavy atom. The first-order valence-corrected chi connectivity index (χ1v) is 31.7. The summed E-state index contributed by atoms with van der Waals surface area (Å²) in [6.07, 6.45) is -33.2. The van der Waals surface area contributed by atoms with Crippen LogP contribution in [0, 0.1) is 45.3 Å². The summed E-state index contributed by atoms with van der Waals surface area (Å²) >= 11 is 0. The van der Waals surface area contributed by atoms with E-state index in [0.717, 1.165) is 18.4 Å². The van der Waals surface area contributed by atoms with Gasteiger partial charge in [0.05, 0.1) is 44.2 Å². The van der Waals surface area contributed by atoms with Gasteiger partial charge in [-0.1, -0.05) is 46.3 Å². The highest BCUT2D eigenvalue weighted by molar-refractivity contribution is 5.65. The zero-order valence-electron chi connectivity index (χ0n) is 52.4. The Morgan fingerprint density at radius 3 is 1.69 bits per heavy atom. The van der Waals surface area contributed by atoms with E-state index in [1.165, 1.54) is 6.92 Å². The molecule has 28 heteroatoms. The van der Waals surface area contributed by atoms with Crippen LogP contribution in [0.15, 0.2) is 11.6 Å². The average Bonchev–Trinajstić information content (AvgIpc) is 1.67. The molecule has 4 aliphatic carbocycles. The fourth-order valence-electron chi connectivity index (χ4n) is 17.5. The number of aliphatic hydroxyl groups is 16. The van der Waals surface area contributed by atoms with Gasteiger partial charge in [0.25, 0.3) is 0 Å². The summed E-state index contributed by atoms with van der Waals surface area (Å²) in [5.74, 6) is -1.35. The third-order valence-corrected chi connectivity index (χ3v) is 22.9. The van der Waals surface area contributed by atoms with Gasteiger partial charge in [0.2, 0.25) is 0 Å². The lowest BCUT2D eigenvalue weighted by Gasteiger charge is -2.71. The summed E-state index contributed by atoms with van der Waals surface area (Å²) in [5, 5.41) is 175. The van der Waals surface area contributed by atoms with Crippen LogP contribution in [0.5, 0.6) is 0 Å². The molecule has 9 aliphatic rings. The molecule has 0 aromatic heterocycles. The van der Waals surface area contributed by atoms with Crippen molar-refractivity contribution in [3.8, 4) is 0 Å². The van der Waals surface area contributed by atoms with Crippen LogP contribution in [0.3, 0.4) is 0 Å². The SMILES string of the molecule is CC(=O)OC[C@H]1O[C@@H](O[C@H]2CC[C@]3(C)[C@H]4C[C@@H](O)[C@@H]5[C@@H]([C@](C)(CCC=C(C)C)O[C@@H]6O[C@H](CO[C@@H]7O[C@H](COC8OC[C@@H](O)[C@@H](O)[C@H]8O)[C@@H](O)[C@H](O)[C@H]7O)[C@@H](O)[C@H](O)[C@H]6O)CC[C@@]5(C)[C@]4(C)CC[C@H]3C2(C)C)[C@H](O[C@@H]2O[C@H](CO)[C@@H](O)[C@H](O)[C@H]2O)[C@@H](O)[C@@H]1O. The van der Waals surface area contributed by atoms with Gasteiger partial charge in [-0.05, 0) is 124 Å². The Morgan fingerprint density at radius 2 is 1.07 bits per heavy atom. The van der Waals surface area contributed by atoms with Gasteiger partial charge in [0.15, 0.2) is 31.5 Å². The van der Waals surface area contributed by atoms with Crippen LogP contribution in [0.2, 0.25) is 0 Å². The molecule has 0 radical (unpaired) electrons. The summed E-state index contributed by atoms with van der Waals surface area (Å²) < 4.78 is 65.9. The molecule has 0 aromatic rings. The van der Waals surface area contributed by atoms with Crippen molar-refractivity contribution in [1.29, 1.82) is 0 Å². The van der Waals surface area contributed by atoms with Crippen molar-refractivity contribution >= 4 is 5.97 Å². The van der Waals surface area contributed by atoms with E-state index in [1.54, 1.807) is 0 Å². The van der Waals surface area contributed by atoms with Gasteiger partial charge >= 0.3 is 5.97 Å². The lowest BCUT2D eigenvalue weighted by molar-refractivity contribution is -0.378. The molecule has 28 nitrogen and oxygen atoms in total. The van der Waals surface area contributed by atoms with Crippen LogP contribution in [0.1, 0.15) is 120 Å². The molecule has 5 aliphatic heterocycles. The summed E-state index contributed by atoms with van der Waals surface area (Å²) in [5.41, 5.74) is -1.90. The molecule has 1 unspecified atom stereocenters. The van der Waals surface area contributed by atoms with Crippen molar-refractivity contribution in [2.24, 2.45) is 45.3 Å². The highest BCUT2D eigenvalue weighted by atomic mass is 16.8. The number of carbonyl (C=O) groups excluding carboxylic acids is 1. The van der Waals surface area contributed by atoms with Gasteiger partial charge in [-0.2, -0.15) is 0 Å². The monoisotopic (exact) mass is 1280 g/mol. The predicted octanol–water partition coefficient (Wildman–Crippen LogP) is -3.17. The molecule has 34 atom stereocenters. The predicted molar refractivity (Wildman–Crippen MR) is 302 cm³/mol. The van der Waals surface area contributed by atoms with Crippen molar-refractivity contribution in [2.75, 3.05) is 33.0 Å². The Balaban J connectivity index is 0.909. The molecule has 0 aromatic carbocycles. The molecule has 0 bridgehead atoms. The standard InChI is InChI=1S/C61H102O28/c1-25(2)11-10-15-61(9,89-55-50(78)45(73)41(69)33(85-55)24-82-53-48(76)44(72)40(68)32(84-53)23-81-52-47(75)38(66)29(65)21-80-52)27-12-17-60(8)37(27)28(64)19-35-58(6)16-14-36(57(4,5)34(58)13-18-59(35,60)7)87-56-51(46(74)42(70)31(86-56)22-79-26(3)63)88-54-49(77)43(71)39(67)30(20-62)83-54/h11,27-56,62,64-78H,10,12-24H2,1-9H3/t27-,28+,29+,30+,31+,32+,33+,34-,35+,36-,37-,38+,39+,40+,41+,42+,43-,44-,45-,46-,47+,48+,49+,50+,51+,52?,53+,54-,55-,56-,58-,59+,60+,61-/m0/s1. The second-order valence-corrected chi connectivity index (χ2v) is 28.8. The van der Waals surface area contributed by atoms with E-state index < -0.39 is 208 Å². The van der Waals surface area contributed by atoms with E-state index in [2.05, 4.69) is 40.7 Å². The first-order valence-electron chi connectivity index (χ1n) is 31.7. The van der Waals surface area contributed by atoms with E-state index in [4.69, 9.17) is 52.1 Å². The minimum absolute atomic E-state index is 0.0114. The third-order valence-electron chi connectivity index (χ3n) is 22.9. The molecule has 514 valence electrons. The van der Waals surface area contributed by atoms with E-state index in [0.29, 0.717) is 44.9 Å². The summed E-state index contributed by atoms with van der Waals surface area (Å²) in [6.45, 7) is 15.5. The van der Waals surface area contributed by atoms with E-state index >= 15 is 0 Å². The normalized spacial score (nSPS) is 51.5. The second-order valence-electron chi connectivity index (χ2n) is 28.8. The fourth-order valence-corrected chi connectivity index (χ4v) is 17.5. The maximum Gasteiger partial charge on any atom is 0.302 e. The van der Waals surface area contributed by atoms with Crippen molar-refractivity contribution in [1.82, 2.24) is 0 Å². The number of carbonyl (C=O) groups is 1. The first kappa shape index (κ1) is 71.5. The molecule has 5 saturated heterocycles. The number of hydrogen-bond donors (Lipinski definition) is 16. The molecule has 0 spiro atoms. The van der Waals surface area contributed by atoms with Gasteiger partial charge in [-0.25, -0.2) is 0 Å². The molecule has 9 fully saturated rings. The summed E-state index contributed by atoms with van der Waals surface area (Å²) in [6, 6.07) is 0. The maximum atomic E-state index is 13.0. The molecule has 4 saturated carbocycles. The van der Waals surface area contributed by atoms with E-state index in [-0.39, 0.29) is 41.1 Å². The number of ether oxygens (including phenoxy) is 11. The Labute approximate surface area is 518 Å². The molecule has 9 rings (SSSR count). The minimum atomic E-state index is -1.86. The zero-order chi connectivity index (χ0) is 65.4. The lowest BCUT2D eigenvalue weighted by Crippen LogP contribution is -2.68. The topological polar surface area (TPSA) is 442 Å². The zero-order valence-corrected chi connectivity index (χ0v) is 52.4. The van der Waals surface area contributed by atoms with Crippen LogP contribution in [0.25, 0.3) is 0 Å². The van der Waals surface area contributed by atoms with Crippen molar-refractivity contribution in [2.45, 2.75) is 285 Å². The number of esters is 1. The Kier molecular flexibility index (Phi) is 22.3. The van der Waals surface area contributed by atoms with Gasteiger partial charge in [0, 0.05) is 6.92 Å². The molecular weight excluding hydrogens is 1180 g/mol. The minimum Gasteiger partial charge on any atom is -0.463 e. The highest BCUT2D eigenvalue weighted by Crippen LogP contribution is 2.76. The average molecular weight is 1280 g/mol. The largest absolute Gasteiger partial charge is 0.463 e. The van der Waals surface area contributed by atoms with Crippen LogP contribution >= 0.6 is 0 Å². The van der Waals surface area contributed by atoms with Gasteiger partial charge in [-0.3, -0.25) is 4.79 Å². The number of fused-ring (bicyclic) bond motifs is 5. The van der Waals surface area contributed by atoms with Gasteiger partial charge in [-0.15, -0.1) is 0 Å². The summed E-state index contributed by atoms with van der Waals surface area (Å²) in [4.78, 5) is 11.9. The molecule has 89 heavy (non-hydrogen) atoms. The smallest absolute Gasteiger partial charge is 0.302 e. The molecule has 0 amide bonds. The van der Waals surface area contributed by atoms with Crippen molar-refractivity contribution in [3.05, 3.63) is 11.6 Å². The second kappa shape index (κ2) is 27.7. The van der Waals surface area contributed by atoms with Crippen LogP contribution in [-0.4, -0.2) is 286 Å². The van der Waals surface area contributed by atoms with E-state index in [9.17, 15) is 86.5 Å². The van der Waals surface area contributed by atoms with Crippen molar-refractivity contribution in [3.63, 3.8) is 0 Å². The van der Waals surface area contributed by atoms with Gasteiger partial charge < -0.3 is 134 Å². The molecular formula is C61H102O28. The first-order chi connectivity index (χ1) is 41.6. The fraction of sp³-hybridized carbons (Fsp3) is 0.951. The van der Waals surface area contributed by atoms with Crippen LogP contribution in [0.4, 0.5) is 0 Å². The number of hydrogen-bond acceptors (Lipinski definition) is 28. The quantitative estimate of drug-likeness (QED) is 0.0345. The number of aliphatic hydroxyl groups excluding tert-OH is 16. The Bertz CT molecular complexity index is 2390. The van der Waals surface area contributed by atoms with E-state index in [1.807, 2.05) is 20.8 Å². The van der Waals surface area contributed by atoms with Crippen LogP contribution in [-0.2, 0) is 56.9 Å². The molecule has 16 N–H and O–H groups in total. The molecule has 5 heterocycles.